The Labute approximate surface area is 240 Å². The quantitative estimate of drug-likeness (QED) is 0.255. The third kappa shape index (κ3) is 7.24. The van der Waals surface area contributed by atoms with Gasteiger partial charge in [0.05, 0.1) is 19.4 Å². The zero-order valence-electron chi connectivity index (χ0n) is 22.7. The van der Waals surface area contributed by atoms with Gasteiger partial charge in [-0.15, -0.1) is 5.10 Å². The molecule has 4 aromatic rings. The molecule has 4 heterocycles. The Bertz CT molecular complexity index is 1520. The predicted molar refractivity (Wildman–Crippen MR) is 147 cm³/mol. The van der Waals surface area contributed by atoms with Gasteiger partial charge in [-0.1, -0.05) is 6.07 Å². The fourth-order valence-corrected chi connectivity index (χ4v) is 4.36. The molecule has 3 aromatic heterocycles. The topological polar surface area (TPSA) is 189 Å². The van der Waals surface area contributed by atoms with E-state index in [0.717, 1.165) is 0 Å². The van der Waals surface area contributed by atoms with Crippen molar-refractivity contribution in [2.24, 2.45) is 0 Å². The SMILES string of the molecule is O=C1CN(C(=O)c2nc3ncccn3n2)CCCCNC(=O)[C@H](Cc2cnc[nH]2)NC(=O)c2cccc(c2)OCCN1. The number of ether oxygens (including phenoxy) is 1. The number of nitrogens with one attached hydrogen (secondary N) is 4. The molecule has 1 aromatic carbocycles. The molecule has 0 radical (unpaired) electrons. The van der Waals surface area contributed by atoms with Crippen LogP contribution in [0.25, 0.3) is 5.78 Å². The van der Waals surface area contributed by atoms with Gasteiger partial charge in [0.1, 0.15) is 18.4 Å². The van der Waals surface area contributed by atoms with Gasteiger partial charge in [-0.05, 0) is 37.1 Å². The summed E-state index contributed by atoms with van der Waals surface area (Å²) in [5.74, 6) is -1.08. The van der Waals surface area contributed by atoms with E-state index in [1.54, 1.807) is 48.9 Å². The van der Waals surface area contributed by atoms with Crippen LogP contribution in [-0.4, -0.2) is 96.9 Å². The number of benzene rings is 1. The molecule has 42 heavy (non-hydrogen) atoms. The Hall–Kier alpha value is -5.34. The number of rotatable bonds is 3. The maximum Gasteiger partial charge on any atom is 0.294 e. The van der Waals surface area contributed by atoms with Gasteiger partial charge in [-0.25, -0.2) is 14.5 Å². The van der Waals surface area contributed by atoms with E-state index in [-0.39, 0.29) is 56.1 Å². The van der Waals surface area contributed by atoms with Crippen LogP contribution < -0.4 is 20.7 Å². The van der Waals surface area contributed by atoms with E-state index in [9.17, 15) is 19.2 Å². The van der Waals surface area contributed by atoms with E-state index >= 15 is 0 Å². The average Bonchev–Trinajstić information content (AvgIpc) is 3.67. The number of fused-ring (bicyclic) bond motifs is 3. The Morgan fingerprint density at radius 1 is 1.10 bits per heavy atom. The van der Waals surface area contributed by atoms with Gasteiger partial charge < -0.3 is 30.6 Å². The number of aromatic nitrogens is 6. The molecule has 218 valence electrons. The lowest BCUT2D eigenvalue weighted by atomic mass is 10.1. The summed E-state index contributed by atoms with van der Waals surface area (Å²) in [6.07, 6.45) is 7.48. The number of amides is 4. The van der Waals surface area contributed by atoms with E-state index in [1.165, 1.54) is 15.7 Å². The van der Waals surface area contributed by atoms with Gasteiger partial charge in [0, 0.05) is 49.4 Å². The smallest absolute Gasteiger partial charge is 0.294 e. The fraction of sp³-hybridized carbons (Fsp3) is 0.333. The Kier molecular flexibility index (Phi) is 8.96. The zero-order valence-corrected chi connectivity index (χ0v) is 22.7. The standard InChI is InChI=1S/C27H30N10O5/c38-22-16-36(26(41)23-34-27-31-8-4-11-37(27)35-23)10-2-1-7-30-25(40)21(14-19-15-28-17-32-19)33-24(39)18-5-3-6-20(13-18)42-12-9-29-22/h3-6,8,11,13,15,17,21H,1-2,7,9-10,12,14,16H2,(H,28,32)(H,29,38)(H,30,40)(H,33,39)/t21-/m0/s1. The number of aromatic amines is 1. The summed E-state index contributed by atoms with van der Waals surface area (Å²) in [6, 6.07) is 7.35. The molecule has 0 saturated carbocycles. The summed E-state index contributed by atoms with van der Waals surface area (Å²) in [4.78, 5) is 68.8. The van der Waals surface area contributed by atoms with Crippen molar-refractivity contribution in [1.82, 2.24) is 50.4 Å². The first kappa shape index (κ1) is 28.2. The molecule has 0 unspecified atom stereocenters. The Morgan fingerprint density at radius 2 is 2.00 bits per heavy atom. The third-order valence-corrected chi connectivity index (χ3v) is 6.47. The highest BCUT2D eigenvalue weighted by Gasteiger charge is 2.25. The van der Waals surface area contributed by atoms with Crippen LogP contribution in [0.15, 0.2) is 55.2 Å². The Balaban J connectivity index is 1.31. The molecular formula is C27H30N10O5. The van der Waals surface area contributed by atoms with E-state index in [1.807, 2.05) is 0 Å². The average molecular weight is 575 g/mol. The number of carbonyl (C=O) groups excluding carboxylic acids is 4. The highest BCUT2D eigenvalue weighted by Crippen LogP contribution is 2.14. The van der Waals surface area contributed by atoms with Crippen molar-refractivity contribution in [1.29, 1.82) is 0 Å². The van der Waals surface area contributed by atoms with Crippen molar-refractivity contribution in [3.8, 4) is 5.75 Å². The van der Waals surface area contributed by atoms with Crippen LogP contribution in [0.4, 0.5) is 0 Å². The van der Waals surface area contributed by atoms with Crippen LogP contribution in [0.5, 0.6) is 5.75 Å². The molecule has 0 fully saturated rings. The van der Waals surface area contributed by atoms with Crippen molar-refractivity contribution in [2.75, 3.05) is 32.8 Å². The lowest BCUT2D eigenvalue weighted by molar-refractivity contribution is -0.123. The van der Waals surface area contributed by atoms with E-state index in [0.29, 0.717) is 36.4 Å². The van der Waals surface area contributed by atoms with Crippen molar-refractivity contribution in [2.45, 2.75) is 25.3 Å². The molecule has 15 nitrogen and oxygen atoms in total. The number of nitrogens with zero attached hydrogens (tertiary/aromatic N) is 6. The Morgan fingerprint density at radius 3 is 2.83 bits per heavy atom. The van der Waals surface area contributed by atoms with Crippen LogP contribution in [0.2, 0.25) is 0 Å². The van der Waals surface area contributed by atoms with Gasteiger partial charge in [0.25, 0.3) is 17.6 Å². The summed E-state index contributed by atoms with van der Waals surface area (Å²) in [5, 5.41) is 12.6. The monoisotopic (exact) mass is 574 g/mol. The zero-order chi connectivity index (χ0) is 29.3. The molecule has 4 amide bonds. The summed E-state index contributed by atoms with van der Waals surface area (Å²) >= 11 is 0. The van der Waals surface area contributed by atoms with Crippen molar-refractivity contribution >= 4 is 29.4 Å². The first-order valence-electron chi connectivity index (χ1n) is 13.5. The molecule has 1 aliphatic rings. The molecule has 15 heteroatoms. The first-order valence-corrected chi connectivity index (χ1v) is 13.5. The van der Waals surface area contributed by atoms with Gasteiger partial charge in [-0.2, -0.15) is 4.98 Å². The highest BCUT2D eigenvalue weighted by molar-refractivity contribution is 5.98. The van der Waals surface area contributed by atoms with E-state index < -0.39 is 17.9 Å². The summed E-state index contributed by atoms with van der Waals surface area (Å²) < 4.78 is 7.11. The lowest BCUT2D eigenvalue weighted by Crippen LogP contribution is -2.48. The van der Waals surface area contributed by atoms with Crippen molar-refractivity contribution in [3.63, 3.8) is 0 Å². The van der Waals surface area contributed by atoms with Crippen LogP contribution in [-0.2, 0) is 16.0 Å². The molecule has 2 bridgehead atoms. The van der Waals surface area contributed by atoms with Gasteiger partial charge in [-0.3, -0.25) is 19.2 Å². The van der Waals surface area contributed by atoms with Crippen LogP contribution in [0, 0.1) is 0 Å². The molecular weight excluding hydrogens is 544 g/mol. The second-order valence-electron chi connectivity index (χ2n) is 9.56. The molecule has 5 rings (SSSR count). The van der Waals surface area contributed by atoms with E-state index in [4.69, 9.17) is 4.74 Å². The van der Waals surface area contributed by atoms with E-state index in [2.05, 4.69) is 41.0 Å². The second kappa shape index (κ2) is 13.3. The maximum atomic E-state index is 13.3. The van der Waals surface area contributed by atoms with Crippen LogP contribution >= 0.6 is 0 Å². The van der Waals surface area contributed by atoms with Gasteiger partial charge in [0.15, 0.2) is 0 Å². The number of carbonyl (C=O) groups is 4. The lowest BCUT2D eigenvalue weighted by Gasteiger charge is -2.21. The largest absolute Gasteiger partial charge is 0.492 e. The molecule has 1 aliphatic heterocycles. The predicted octanol–water partition coefficient (Wildman–Crippen LogP) is -0.264. The second-order valence-corrected chi connectivity index (χ2v) is 9.56. The highest BCUT2D eigenvalue weighted by atomic mass is 16.5. The van der Waals surface area contributed by atoms with Crippen molar-refractivity contribution < 1.29 is 23.9 Å². The number of imidazole rings is 1. The summed E-state index contributed by atoms with van der Waals surface area (Å²) in [5.41, 5.74) is 1.01. The summed E-state index contributed by atoms with van der Waals surface area (Å²) in [7, 11) is 0. The molecule has 0 aliphatic carbocycles. The number of hydrogen-bond donors (Lipinski definition) is 4. The number of H-pyrrole nitrogens is 1. The first-order chi connectivity index (χ1) is 20.5. The molecule has 0 spiro atoms. The number of hydrogen-bond acceptors (Lipinski definition) is 9. The van der Waals surface area contributed by atoms with Gasteiger partial charge >= 0.3 is 0 Å². The minimum absolute atomic E-state index is 0.0752. The minimum atomic E-state index is -0.862. The fourth-order valence-electron chi connectivity index (χ4n) is 4.36. The third-order valence-electron chi connectivity index (χ3n) is 6.47. The minimum Gasteiger partial charge on any atom is -0.492 e. The molecule has 4 N–H and O–H groups in total. The summed E-state index contributed by atoms with van der Waals surface area (Å²) in [6.45, 7) is 0.617. The molecule has 0 saturated heterocycles. The normalized spacial score (nSPS) is 17.7. The van der Waals surface area contributed by atoms with Crippen LogP contribution in [0.3, 0.4) is 0 Å². The molecule has 1 atom stereocenters. The van der Waals surface area contributed by atoms with Crippen molar-refractivity contribution in [3.05, 3.63) is 72.3 Å². The van der Waals surface area contributed by atoms with Crippen LogP contribution in [0.1, 0.15) is 39.5 Å². The van der Waals surface area contributed by atoms with Gasteiger partial charge in [0.2, 0.25) is 17.6 Å². The maximum absolute atomic E-state index is 13.3.